The molecule has 0 bridgehead atoms. The van der Waals surface area contributed by atoms with Crippen molar-refractivity contribution >= 4 is 46.8 Å². The molecule has 1 aromatic carbocycles. The van der Waals surface area contributed by atoms with Crippen molar-refractivity contribution in [1.82, 2.24) is 15.2 Å². The van der Waals surface area contributed by atoms with Crippen molar-refractivity contribution < 1.29 is 19.5 Å². The van der Waals surface area contributed by atoms with Crippen LogP contribution in [0.15, 0.2) is 36.4 Å². The molecule has 1 fully saturated rings. The van der Waals surface area contributed by atoms with Crippen molar-refractivity contribution in [2.24, 2.45) is 11.3 Å². The fourth-order valence-electron chi connectivity index (χ4n) is 4.70. The van der Waals surface area contributed by atoms with Crippen molar-refractivity contribution in [3.05, 3.63) is 57.8 Å². The van der Waals surface area contributed by atoms with Crippen molar-refractivity contribution in [1.29, 1.82) is 0 Å². The number of pyridine rings is 1. The van der Waals surface area contributed by atoms with Crippen LogP contribution < -0.4 is 10.6 Å². The molecule has 0 saturated heterocycles. The highest BCUT2D eigenvalue weighted by atomic mass is 35.5. The van der Waals surface area contributed by atoms with E-state index in [1.807, 2.05) is 17.0 Å². The Balaban J connectivity index is 1.74. The van der Waals surface area contributed by atoms with E-state index in [1.165, 1.54) is 0 Å². The fourth-order valence-corrected chi connectivity index (χ4v) is 5.16. The maximum absolute atomic E-state index is 13.5. The summed E-state index contributed by atoms with van der Waals surface area (Å²) < 4.78 is 0. The van der Waals surface area contributed by atoms with E-state index in [1.54, 1.807) is 24.3 Å². The van der Waals surface area contributed by atoms with E-state index in [0.717, 1.165) is 31.2 Å². The number of carboxylic acids is 1. The number of nitrogens with one attached hydrogen (secondary N) is 2. The minimum Gasteiger partial charge on any atom is -0.481 e. The minimum absolute atomic E-state index is 0.0597. The lowest BCUT2D eigenvalue weighted by Crippen LogP contribution is -2.45. The third-order valence-electron chi connectivity index (χ3n) is 6.83. The molecular formula is C27H34Cl2N4O4. The summed E-state index contributed by atoms with van der Waals surface area (Å²) in [5, 5.41) is 14.6. The van der Waals surface area contributed by atoms with Crippen LogP contribution in [0.1, 0.15) is 68.8 Å². The first-order valence-corrected chi connectivity index (χ1v) is 13.2. The highest BCUT2D eigenvalue weighted by molar-refractivity contribution is 6.33. The number of carboxylic acid groups (broad SMARTS) is 1. The van der Waals surface area contributed by atoms with E-state index in [4.69, 9.17) is 28.3 Å². The van der Waals surface area contributed by atoms with Gasteiger partial charge in [-0.1, -0.05) is 56.1 Å². The Hall–Kier alpha value is -2.84. The number of rotatable bonds is 8. The molecule has 8 nitrogen and oxygen atoms in total. The molecule has 200 valence electrons. The van der Waals surface area contributed by atoms with Gasteiger partial charge in [-0.2, -0.15) is 0 Å². The summed E-state index contributed by atoms with van der Waals surface area (Å²) >= 11 is 12.0. The second kappa shape index (κ2) is 12.6. The lowest BCUT2D eigenvalue weighted by atomic mass is 9.71. The van der Waals surface area contributed by atoms with Crippen molar-refractivity contribution in [2.75, 3.05) is 11.9 Å². The Morgan fingerprint density at radius 2 is 1.62 bits per heavy atom. The van der Waals surface area contributed by atoms with Crippen molar-refractivity contribution in [3.63, 3.8) is 0 Å². The third kappa shape index (κ3) is 8.61. The molecule has 0 atom stereocenters. The van der Waals surface area contributed by atoms with E-state index < -0.39 is 5.97 Å². The highest BCUT2D eigenvalue weighted by Gasteiger charge is 2.33. The van der Waals surface area contributed by atoms with Gasteiger partial charge < -0.3 is 20.6 Å². The van der Waals surface area contributed by atoms with Crippen LogP contribution in [-0.4, -0.2) is 45.5 Å². The second-order valence-corrected chi connectivity index (χ2v) is 11.3. The number of aromatic nitrogens is 1. The first-order valence-electron chi connectivity index (χ1n) is 12.4. The summed E-state index contributed by atoms with van der Waals surface area (Å²) in [7, 11) is 0. The number of urea groups is 1. The molecule has 0 aliphatic heterocycles. The minimum atomic E-state index is -0.971. The second-order valence-electron chi connectivity index (χ2n) is 10.5. The largest absolute Gasteiger partial charge is 0.481 e. The zero-order chi connectivity index (χ0) is 27.2. The summed E-state index contributed by atoms with van der Waals surface area (Å²) in [6, 6.07) is 9.90. The number of amides is 3. The highest BCUT2D eigenvalue weighted by Crippen LogP contribution is 2.39. The number of anilines is 1. The van der Waals surface area contributed by atoms with E-state index in [9.17, 15) is 14.4 Å². The molecule has 0 radical (unpaired) electrons. The number of carbonyl (C=O) groups is 3. The van der Waals surface area contributed by atoms with Crippen LogP contribution in [0.5, 0.6) is 0 Å². The molecule has 1 aliphatic carbocycles. The van der Waals surface area contributed by atoms with Crippen LogP contribution in [0.4, 0.5) is 10.5 Å². The first-order chi connectivity index (χ1) is 17.4. The first kappa shape index (κ1) is 28.7. The van der Waals surface area contributed by atoms with E-state index in [0.29, 0.717) is 23.7 Å². The van der Waals surface area contributed by atoms with E-state index in [2.05, 4.69) is 36.4 Å². The molecule has 1 heterocycles. The van der Waals surface area contributed by atoms with Crippen LogP contribution in [0, 0.1) is 11.3 Å². The number of carbonyl (C=O) groups excluding carboxylic acids is 2. The van der Waals surface area contributed by atoms with Gasteiger partial charge in [0, 0.05) is 30.4 Å². The van der Waals surface area contributed by atoms with Crippen molar-refractivity contribution in [3.8, 4) is 0 Å². The normalized spacial score (nSPS) is 17.6. The molecule has 1 aromatic heterocycles. The van der Waals surface area contributed by atoms with Gasteiger partial charge in [0.25, 0.3) is 5.91 Å². The number of benzene rings is 1. The lowest BCUT2D eigenvalue weighted by Gasteiger charge is -2.41. The molecule has 1 aliphatic rings. The molecule has 10 heteroatoms. The molecule has 3 amide bonds. The zero-order valence-corrected chi connectivity index (χ0v) is 22.9. The Morgan fingerprint density at radius 1 is 1.03 bits per heavy atom. The van der Waals surface area contributed by atoms with Crippen molar-refractivity contribution in [2.45, 2.75) is 65.5 Å². The van der Waals surface area contributed by atoms with Gasteiger partial charge in [0.05, 0.1) is 6.42 Å². The summed E-state index contributed by atoms with van der Waals surface area (Å²) in [6.45, 7) is 7.21. The third-order valence-corrected chi connectivity index (χ3v) is 7.22. The molecular weight excluding hydrogens is 515 g/mol. The molecule has 3 N–H and O–H groups in total. The number of halogens is 2. The average Bonchev–Trinajstić information content (AvgIpc) is 2.81. The average molecular weight is 549 g/mol. The smallest absolute Gasteiger partial charge is 0.322 e. The van der Waals surface area contributed by atoms with Gasteiger partial charge in [-0.3, -0.25) is 9.59 Å². The summed E-state index contributed by atoms with van der Waals surface area (Å²) in [5.74, 6) is -0.707. The number of hydrogen-bond donors (Lipinski definition) is 3. The summed E-state index contributed by atoms with van der Waals surface area (Å²) in [5.41, 5.74) is 2.00. The van der Waals surface area contributed by atoms with Crippen LogP contribution in [-0.2, 0) is 11.3 Å². The zero-order valence-electron chi connectivity index (χ0n) is 21.4. The number of hydrogen-bond acceptors (Lipinski definition) is 4. The topological polar surface area (TPSA) is 112 Å². The van der Waals surface area contributed by atoms with E-state index in [-0.39, 0.29) is 46.7 Å². The quantitative estimate of drug-likeness (QED) is 0.338. The SMILES string of the molecule is CC(C)(C)C1CCC(N(Cc2ccc(C(=O)NCCC(=O)O)cc2)C(=O)Nc2cc(Cl)nc(Cl)c2)CC1. The monoisotopic (exact) mass is 548 g/mol. The van der Waals surface area contributed by atoms with Gasteiger partial charge in [-0.15, -0.1) is 0 Å². The number of aliphatic carboxylic acids is 1. The molecule has 3 rings (SSSR count). The predicted octanol–water partition coefficient (Wildman–Crippen LogP) is 6.23. The standard InChI is InChI=1S/C27H34Cl2N4O4/c1-27(2,3)19-8-10-21(11-9-19)33(26(37)31-20-14-22(28)32-23(29)15-20)16-17-4-6-18(7-5-17)25(36)30-13-12-24(34)35/h4-7,14-15,19,21H,8-13,16H2,1-3H3,(H,30,36)(H,34,35)(H,31,32,37). The molecule has 2 aromatic rings. The summed E-state index contributed by atoms with van der Waals surface area (Å²) in [6.07, 6.45) is 3.74. The van der Waals surface area contributed by atoms with Gasteiger partial charge >= 0.3 is 12.0 Å². The maximum Gasteiger partial charge on any atom is 0.322 e. The van der Waals surface area contributed by atoms with Gasteiger partial charge in [0.1, 0.15) is 10.3 Å². The Morgan fingerprint density at radius 3 is 2.16 bits per heavy atom. The lowest BCUT2D eigenvalue weighted by molar-refractivity contribution is -0.136. The molecule has 0 unspecified atom stereocenters. The van der Waals surface area contributed by atoms with Crippen LogP contribution in [0.2, 0.25) is 10.3 Å². The number of nitrogens with zero attached hydrogens (tertiary/aromatic N) is 2. The Labute approximate surface area is 227 Å². The van der Waals surface area contributed by atoms with Crippen LogP contribution in [0.25, 0.3) is 0 Å². The van der Waals surface area contributed by atoms with Gasteiger partial charge in [-0.25, -0.2) is 9.78 Å². The maximum atomic E-state index is 13.5. The van der Waals surface area contributed by atoms with Gasteiger partial charge in [0.2, 0.25) is 0 Å². The van der Waals surface area contributed by atoms with Crippen LogP contribution in [0.3, 0.4) is 0 Å². The molecule has 1 saturated carbocycles. The Kier molecular flexibility index (Phi) is 9.79. The van der Waals surface area contributed by atoms with Gasteiger partial charge in [-0.05, 0) is 66.8 Å². The molecule has 0 spiro atoms. The Bertz CT molecular complexity index is 1090. The van der Waals surface area contributed by atoms with Crippen LogP contribution >= 0.6 is 23.2 Å². The van der Waals surface area contributed by atoms with E-state index >= 15 is 0 Å². The molecule has 37 heavy (non-hydrogen) atoms. The fraction of sp³-hybridized carbons (Fsp3) is 0.481. The summed E-state index contributed by atoms with van der Waals surface area (Å²) in [4.78, 5) is 42.2. The predicted molar refractivity (Wildman–Crippen MR) is 145 cm³/mol. The van der Waals surface area contributed by atoms with Gasteiger partial charge in [0.15, 0.2) is 0 Å².